The van der Waals surface area contributed by atoms with E-state index in [9.17, 15) is 19.1 Å². The molecule has 0 radical (unpaired) electrons. The van der Waals surface area contributed by atoms with Crippen molar-refractivity contribution < 1.29 is 28.6 Å². The minimum atomic E-state index is -1.33. The predicted molar refractivity (Wildman–Crippen MR) is 94.0 cm³/mol. The smallest absolute Gasteiger partial charge is 0.411 e. The Bertz CT molecular complexity index is 800. The lowest BCUT2D eigenvalue weighted by atomic mass is 10.1. The van der Waals surface area contributed by atoms with Crippen molar-refractivity contribution in [3.8, 4) is 5.75 Å². The molecule has 6 nitrogen and oxygen atoms in total. The molecule has 0 heterocycles. The molecule has 1 amide bonds. The highest BCUT2D eigenvalue weighted by Crippen LogP contribution is 2.29. The van der Waals surface area contributed by atoms with E-state index in [1.54, 1.807) is 45.0 Å². The largest absolute Gasteiger partial charge is 0.485 e. The first-order chi connectivity index (χ1) is 12.2. The molecule has 0 atom stereocenters. The van der Waals surface area contributed by atoms with Gasteiger partial charge in [-0.15, -0.1) is 0 Å². The fourth-order valence-corrected chi connectivity index (χ4v) is 2.11. The lowest BCUT2D eigenvalue weighted by Crippen LogP contribution is -2.24. The average Bonchev–Trinajstić information content (AvgIpc) is 2.55. The van der Waals surface area contributed by atoms with Gasteiger partial charge in [-0.1, -0.05) is 30.3 Å². The van der Waals surface area contributed by atoms with Crippen LogP contribution < -0.4 is 10.1 Å². The summed E-state index contributed by atoms with van der Waals surface area (Å²) in [5.41, 5.74) is -0.460. The molecule has 0 aliphatic heterocycles. The third kappa shape index (κ3) is 5.47. The molecular formula is C19H20FNO5. The second-order valence-electron chi connectivity index (χ2n) is 6.53. The van der Waals surface area contributed by atoms with E-state index in [4.69, 9.17) is 9.47 Å². The molecule has 2 aromatic rings. The van der Waals surface area contributed by atoms with E-state index in [0.29, 0.717) is 0 Å². The second kappa shape index (κ2) is 7.86. The monoisotopic (exact) mass is 361 g/mol. The van der Waals surface area contributed by atoms with Gasteiger partial charge in [-0.25, -0.2) is 14.0 Å². The van der Waals surface area contributed by atoms with Crippen LogP contribution in [0.5, 0.6) is 5.75 Å². The molecule has 0 aliphatic rings. The molecule has 7 heteroatoms. The Hall–Kier alpha value is -3.09. The molecule has 2 rings (SSSR count). The third-order valence-electron chi connectivity index (χ3n) is 3.17. The molecule has 0 aliphatic carbocycles. The standard InChI is InChI=1S/C19H20FNO5/c1-19(2,3)26-16-9-13(17(22)23)15(10-14(16)20)21-18(24)25-11-12-7-5-4-6-8-12/h4-10H,11H2,1-3H3,(H,21,24)(H,22,23). The highest BCUT2D eigenvalue weighted by Gasteiger charge is 2.21. The molecule has 0 saturated heterocycles. The van der Waals surface area contributed by atoms with Crippen LogP contribution in [0.4, 0.5) is 14.9 Å². The molecule has 0 aromatic heterocycles. The van der Waals surface area contributed by atoms with E-state index in [2.05, 4.69) is 5.32 Å². The summed E-state index contributed by atoms with van der Waals surface area (Å²) in [4.78, 5) is 23.3. The van der Waals surface area contributed by atoms with Crippen LogP contribution in [0.2, 0.25) is 0 Å². The lowest BCUT2D eigenvalue weighted by Gasteiger charge is -2.22. The molecule has 0 saturated carbocycles. The van der Waals surface area contributed by atoms with E-state index in [0.717, 1.165) is 17.7 Å². The van der Waals surface area contributed by atoms with Gasteiger partial charge >= 0.3 is 12.1 Å². The van der Waals surface area contributed by atoms with E-state index >= 15 is 0 Å². The quantitative estimate of drug-likeness (QED) is 0.822. The summed E-state index contributed by atoms with van der Waals surface area (Å²) in [5, 5.41) is 11.6. The van der Waals surface area contributed by atoms with Crippen molar-refractivity contribution in [2.45, 2.75) is 33.0 Å². The average molecular weight is 361 g/mol. The van der Waals surface area contributed by atoms with Gasteiger partial charge in [0.1, 0.15) is 12.2 Å². The summed E-state index contributed by atoms with van der Waals surface area (Å²) in [5.74, 6) is -2.33. The number of halogens is 1. The number of carboxylic acid groups (broad SMARTS) is 1. The van der Waals surface area contributed by atoms with Crippen molar-refractivity contribution in [2.24, 2.45) is 0 Å². The number of carboxylic acids is 1. The van der Waals surface area contributed by atoms with E-state index in [1.165, 1.54) is 0 Å². The Balaban J connectivity index is 2.16. The Labute approximate surface area is 150 Å². The maximum Gasteiger partial charge on any atom is 0.411 e. The number of aromatic carboxylic acids is 1. The number of rotatable bonds is 5. The van der Waals surface area contributed by atoms with Crippen molar-refractivity contribution in [1.29, 1.82) is 0 Å². The van der Waals surface area contributed by atoms with Gasteiger partial charge in [-0.2, -0.15) is 0 Å². The van der Waals surface area contributed by atoms with Crippen LogP contribution in [0.15, 0.2) is 42.5 Å². The van der Waals surface area contributed by atoms with Gasteiger partial charge < -0.3 is 14.6 Å². The number of benzene rings is 2. The minimum absolute atomic E-state index is 0.00276. The Morgan fingerprint density at radius 2 is 1.81 bits per heavy atom. The first-order valence-corrected chi connectivity index (χ1v) is 7.89. The molecule has 26 heavy (non-hydrogen) atoms. The molecule has 0 fully saturated rings. The number of carbonyl (C=O) groups excluding carboxylic acids is 1. The van der Waals surface area contributed by atoms with Gasteiger partial charge in [0.2, 0.25) is 0 Å². The molecule has 0 spiro atoms. The highest BCUT2D eigenvalue weighted by molar-refractivity contribution is 5.99. The van der Waals surface area contributed by atoms with Crippen LogP contribution >= 0.6 is 0 Å². The van der Waals surface area contributed by atoms with Gasteiger partial charge in [-0.3, -0.25) is 5.32 Å². The zero-order chi connectivity index (χ0) is 19.3. The minimum Gasteiger partial charge on any atom is -0.485 e. The maximum absolute atomic E-state index is 14.2. The molecule has 0 unspecified atom stereocenters. The Morgan fingerprint density at radius 3 is 2.38 bits per heavy atom. The third-order valence-corrected chi connectivity index (χ3v) is 3.17. The number of nitrogens with one attached hydrogen (secondary N) is 1. The topological polar surface area (TPSA) is 84.9 Å². The highest BCUT2D eigenvalue weighted by atomic mass is 19.1. The van der Waals surface area contributed by atoms with Gasteiger partial charge in [-0.05, 0) is 32.4 Å². The molecule has 2 N–H and O–H groups in total. The number of ether oxygens (including phenoxy) is 2. The Morgan fingerprint density at radius 1 is 1.15 bits per heavy atom. The number of hydrogen-bond acceptors (Lipinski definition) is 4. The summed E-state index contributed by atoms with van der Waals surface area (Å²) in [7, 11) is 0. The SMILES string of the molecule is CC(C)(C)Oc1cc(C(=O)O)c(NC(=O)OCc2ccccc2)cc1F. The van der Waals surface area contributed by atoms with Crippen molar-refractivity contribution in [1.82, 2.24) is 0 Å². The summed E-state index contributed by atoms with van der Waals surface area (Å²) in [6, 6.07) is 10.9. The lowest BCUT2D eigenvalue weighted by molar-refractivity contribution is 0.0695. The summed E-state index contributed by atoms with van der Waals surface area (Å²) < 4.78 is 24.6. The molecule has 138 valence electrons. The number of hydrogen-bond donors (Lipinski definition) is 2. The number of amides is 1. The zero-order valence-corrected chi connectivity index (χ0v) is 14.7. The first kappa shape index (κ1) is 19.2. The number of carbonyl (C=O) groups is 2. The van der Waals surface area contributed by atoms with Crippen molar-refractivity contribution >= 4 is 17.7 Å². The van der Waals surface area contributed by atoms with Crippen LogP contribution in [-0.2, 0) is 11.3 Å². The van der Waals surface area contributed by atoms with Crippen LogP contribution in [-0.4, -0.2) is 22.8 Å². The maximum atomic E-state index is 14.2. The fraction of sp³-hybridized carbons (Fsp3) is 0.263. The van der Waals surface area contributed by atoms with Gasteiger partial charge in [0.15, 0.2) is 11.6 Å². The number of anilines is 1. The van der Waals surface area contributed by atoms with Crippen molar-refractivity contribution in [2.75, 3.05) is 5.32 Å². The van der Waals surface area contributed by atoms with Gasteiger partial charge in [0, 0.05) is 6.07 Å². The van der Waals surface area contributed by atoms with E-state index in [-0.39, 0.29) is 23.6 Å². The summed E-state index contributed by atoms with van der Waals surface area (Å²) in [6.45, 7) is 5.13. The fourth-order valence-electron chi connectivity index (χ4n) is 2.11. The van der Waals surface area contributed by atoms with Crippen molar-refractivity contribution in [3.05, 3.63) is 59.4 Å². The molecular weight excluding hydrogens is 341 g/mol. The summed E-state index contributed by atoms with van der Waals surface area (Å²) in [6.07, 6.45) is -0.889. The van der Waals surface area contributed by atoms with Gasteiger partial charge in [0.05, 0.1) is 11.3 Å². The zero-order valence-electron chi connectivity index (χ0n) is 14.7. The van der Waals surface area contributed by atoms with E-state index in [1.807, 2.05) is 6.07 Å². The Kier molecular flexibility index (Phi) is 5.82. The van der Waals surface area contributed by atoms with E-state index < -0.39 is 23.5 Å². The van der Waals surface area contributed by atoms with Gasteiger partial charge in [0.25, 0.3) is 0 Å². The van der Waals surface area contributed by atoms with Crippen molar-refractivity contribution in [3.63, 3.8) is 0 Å². The molecule has 0 bridgehead atoms. The second-order valence-corrected chi connectivity index (χ2v) is 6.53. The first-order valence-electron chi connectivity index (χ1n) is 7.89. The predicted octanol–water partition coefficient (Wildman–Crippen LogP) is 4.45. The summed E-state index contributed by atoms with van der Waals surface area (Å²) >= 11 is 0. The normalized spacial score (nSPS) is 10.9. The van der Waals surface area contributed by atoms with Crippen LogP contribution in [0, 0.1) is 5.82 Å². The molecule has 2 aromatic carbocycles. The van der Waals surface area contributed by atoms with Crippen LogP contribution in [0.25, 0.3) is 0 Å². The van der Waals surface area contributed by atoms with Crippen LogP contribution in [0.1, 0.15) is 36.7 Å². The van der Waals surface area contributed by atoms with Crippen LogP contribution in [0.3, 0.4) is 0 Å².